The summed E-state index contributed by atoms with van der Waals surface area (Å²) in [4.78, 5) is 3.64. The monoisotopic (exact) mass is 266 g/mol. The minimum absolute atomic E-state index is 0.0743. The van der Waals surface area contributed by atoms with Gasteiger partial charge < -0.3 is 10.0 Å². The Morgan fingerprint density at radius 1 is 1.11 bits per heavy atom. The van der Waals surface area contributed by atoms with Crippen molar-refractivity contribution >= 4 is 5.69 Å². The molecule has 0 saturated heterocycles. The molecular formula is C11H14F4N2O. The number of aliphatic hydroxyl groups excluding tert-OH is 1. The third-order valence-corrected chi connectivity index (χ3v) is 2.44. The number of rotatable bonds is 5. The fourth-order valence-electron chi connectivity index (χ4n) is 1.60. The van der Waals surface area contributed by atoms with Crippen LogP contribution in [0.1, 0.15) is 20.3 Å². The van der Waals surface area contributed by atoms with Gasteiger partial charge in [-0.3, -0.25) is 0 Å². The number of nitrogens with zero attached hydrogens (tertiary/aromatic N) is 2. The Balaban J connectivity index is 3.26. The Labute approximate surface area is 102 Å². The molecule has 0 aliphatic carbocycles. The topological polar surface area (TPSA) is 36.4 Å². The van der Waals surface area contributed by atoms with Crippen LogP contribution in [0.2, 0.25) is 0 Å². The first kappa shape index (κ1) is 14.7. The van der Waals surface area contributed by atoms with E-state index in [1.807, 2.05) is 0 Å². The van der Waals surface area contributed by atoms with Gasteiger partial charge in [0.1, 0.15) is 5.69 Å². The summed E-state index contributed by atoms with van der Waals surface area (Å²) in [6, 6.07) is -0.387. The standard InChI is InChI=1S/C11H14F4N2O/c1-6(2)17(4-3-5-18)9-7(12)10(14)16-11(15)8(9)13/h6,18H,3-5H2,1-2H3. The summed E-state index contributed by atoms with van der Waals surface area (Å²) in [6.07, 6.45) is 0.225. The van der Waals surface area contributed by atoms with E-state index in [0.29, 0.717) is 0 Å². The first-order valence-corrected chi connectivity index (χ1v) is 5.47. The van der Waals surface area contributed by atoms with E-state index < -0.39 is 29.2 Å². The molecule has 0 saturated carbocycles. The molecule has 0 fully saturated rings. The van der Waals surface area contributed by atoms with Crippen LogP contribution in [-0.4, -0.2) is 29.3 Å². The Bertz CT molecular complexity index is 400. The second-order valence-electron chi connectivity index (χ2n) is 4.03. The van der Waals surface area contributed by atoms with Crippen molar-refractivity contribution in [3.8, 4) is 0 Å². The average molecular weight is 266 g/mol. The van der Waals surface area contributed by atoms with E-state index >= 15 is 0 Å². The fourth-order valence-corrected chi connectivity index (χ4v) is 1.60. The van der Waals surface area contributed by atoms with Gasteiger partial charge in [0.05, 0.1) is 0 Å². The minimum Gasteiger partial charge on any atom is -0.396 e. The molecule has 0 unspecified atom stereocenters. The molecule has 0 atom stereocenters. The number of hydrogen-bond donors (Lipinski definition) is 1. The number of halogens is 4. The maximum atomic E-state index is 13.5. The van der Waals surface area contributed by atoms with Crippen LogP contribution in [0.15, 0.2) is 0 Å². The second-order valence-corrected chi connectivity index (χ2v) is 4.03. The normalized spacial score (nSPS) is 11.1. The average Bonchev–Trinajstić information content (AvgIpc) is 2.30. The largest absolute Gasteiger partial charge is 0.396 e. The summed E-state index contributed by atoms with van der Waals surface area (Å²) in [7, 11) is 0. The lowest BCUT2D eigenvalue weighted by Gasteiger charge is -2.29. The number of hydrogen-bond acceptors (Lipinski definition) is 3. The SMILES string of the molecule is CC(C)N(CCCO)c1c(F)c(F)nc(F)c1F. The van der Waals surface area contributed by atoms with Crippen LogP contribution in [-0.2, 0) is 0 Å². The highest BCUT2D eigenvalue weighted by Crippen LogP contribution is 2.27. The molecule has 0 aromatic carbocycles. The molecule has 0 aliphatic heterocycles. The van der Waals surface area contributed by atoms with Gasteiger partial charge in [-0.15, -0.1) is 0 Å². The summed E-state index contributed by atoms with van der Waals surface area (Å²) in [5, 5.41) is 8.72. The third-order valence-electron chi connectivity index (χ3n) is 2.44. The van der Waals surface area contributed by atoms with Crippen LogP contribution in [0.5, 0.6) is 0 Å². The van der Waals surface area contributed by atoms with Crippen LogP contribution in [0, 0.1) is 23.5 Å². The predicted octanol–water partition coefficient (Wildman–Crippen LogP) is 2.24. The molecule has 0 aliphatic rings. The van der Waals surface area contributed by atoms with Crippen LogP contribution in [0.3, 0.4) is 0 Å². The number of pyridine rings is 1. The van der Waals surface area contributed by atoms with Crippen LogP contribution in [0.25, 0.3) is 0 Å². The van der Waals surface area contributed by atoms with Crippen molar-refractivity contribution < 1.29 is 22.7 Å². The molecule has 7 heteroatoms. The first-order valence-electron chi connectivity index (χ1n) is 5.47. The van der Waals surface area contributed by atoms with E-state index in [2.05, 4.69) is 4.98 Å². The quantitative estimate of drug-likeness (QED) is 0.656. The Kier molecular flexibility index (Phi) is 4.89. The van der Waals surface area contributed by atoms with Gasteiger partial charge in [-0.25, -0.2) is 0 Å². The van der Waals surface area contributed by atoms with Crippen molar-refractivity contribution in [2.24, 2.45) is 0 Å². The summed E-state index contributed by atoms with van der Waals surface area (Å²) < 4.78 is 53.1. The summed E-state index contributed by atoms with van der Waals surface area (Å²) >= 11 is 0. The molecule has 1 aromatic rings. The van der Waals surface area contributed by atoms with Gasteiger partial charge in [0.15, 0.2) is 0 Å². The van der Waals surface area contributed by atoms with Crippen molar-refractivity contribution in [2.45, 2.75) is 26.3 Å². The fraction of sp³-hybridized carbons (Fsp3) is 0.545. The lowest BCUT2D eigenvalue weighted by Crippen LogP contribution is -2.34. The number of aromatic nitrogens is 1. The summed E-state index contributed by atoms with van der Waals surface area (Å²) in [5.41, 5.74) is -0.788. The zero-order chi connectivity index (χ0) is 13.9. The van der Waals surface area contributed by atoms with Gasteiger partial charge in [-0.05, 0) is 20.3 Å². The van der Waals surface area contributed by atoms with Crippen molar-refractivity contribution in [3.05, 3.63) is 23.5 Å². The molecule has 1 heterocycles. The zero-order valence-corrected chi connectivity index (χ0v) is 10.1. The molecule has 0 spiro atoms. The molecule has 0 radical (unpaired) electrons. The van der Waals surface area contributed by atoms with Crippen molar-refractivity contribution in [2.75, 3.05) is 18.1 Å². The minimum atomic E-state index is -1.68. The van der Waals surface area contributed by atoms with E-state index in [4.69, 9.17) is 5.11 Å². The molecular weight excluding hydrogens is 252 g/mol. The van der Waals surface area contributed by atoms with E-state index in [9.17, 15) is 17.6 Å². The smallest absolute Gasteiger partial charge is 0.253 e. The highest BCUT2D eigenvalue weighted by atomic mass is 19.2. The lowest BCUT2D eigenvalue weighted by molar-refractivity contribution is 0.288. The van der Waals surface area contributed by atoms with Gasteiger partial charge >= 0.3 is 0 Å². The maximum absolute atomic E-state index is 13.5. The second kappa shape index (κ2) is 5.99. The summed E-state index contributed by atoms with van der Waals surface area (Å²) in [6.45, 7) is 3.12. The van der Waals surface area contributed by atoms with Crippen molar-refractivity contribution in [1.29, 1.82) is 0 Å². The lowest BCUT2D eigenvalue weighted by atomic mass is 10.2. The van der Waals surface area contributed by atoms with Crippen molar-refractivity contribution in [1.82, 2.24) is 4.98 Å². The van der Waals surface area contributed by atoms with E-state index in [0.717, 1.165) is 4.90 Å². The third kappa shape index (κ3) is 2.90. The molecule has 1 N–H and O–H groups in total. The molecule has 1 rings (SSSR count). The Hall–Kier alpha value is -1.37. The maximum Gasteiger partial charge on any atom is 0.253 e. The highest BCUT2D eigenvalue weighted by Gasteiger charge is 2.26. The van der Waals surface area contributed by atoms with Gasteiger partial charge in [0, 0.05) is 19.2 Å². The molecule has 102 valence electrons. The number of anilines is 1. The molecule has 18 heavy (non-hydrogen) atoms. The molecule has 0 amide bonds. The molecule has 3 nitrogen and oxygen atoms in total. The molecule has 0 bridgehead atoms. The predicted molar refractivity (Wildman–Crippen MR) is 58.3 cm³/mol. The summed E-state index contributed by atoms with van der Waals surface area (Å²) in [5.74, 6) is -6.42. The Morgan fingerprint density at radius 2 is 1.61 bits per heavy atom. The Morgan fingerprint density at radius 3 is 2.00 bits per heavy atom. The highest BCUT2D eigenvalue weighted by molar-refractivity contribution is 5.49. The number of aliphatic hydroxyl groups is 1. The van der Waals surface area contributed by atoms with Gasteiger partial charge in [-0.1, -0.05) is 0 Å². The van der Waals surface area contributed by atoms with E-state index in [-0.39, 0.29) is 25.6 Å². The first-order chi connectivity index (χ1) is 8.40. The van der Waals surface area contributed by atoms with Crippen molar-refractivity contribution in [3.63, 3.8) is 0 Å². The molecule has 1 aromatic heterocycles. The van der Waals surface area contributed by atoms with Gasteiger partial charge in [0.2, 0.25) is 11.6 Å². The van der Waals surface area contributed by atoms with Crippen LogP contribution in [0.4, 0.5) is 23.2 Å². The van der Waals surface area contributed by atoms with E-state index in [1.54, 1.807) is 13.8 Å². The van der Waals surface area contributed by atoms with Gasteiger partial charge in [-0.2, -0.15) is 22.5 Å². The van der Waals surface area contributed by atoms with Crippen LogP contribution >= 0.6 is 0 Å². The van der Waals surface area contributed by atoms with Crippen LogP contribution < -0.4 is 4.90 Å². The van der Waals surface area contributed by atoms with E-state index in [1.165, 1.54) is 0 Å². The zero-order valence-electron chi connectivity index (χ0n) is 10.1. The van der Waals surface area contributed by atoms with Gasteiger partial charge in [0.25, 0.3) is 11.9 Å².